The molecule has 0 bridgehead atoms. The second-order valence-electron chi connectivity index (χ2n) is 3.94. The van der Waals surface area contributed by atoms with Crippen LogP contribution in [0.5, 0.6) is 0 Å². The quantitative estimate of drug-likeness (QED) is 0.549. The minimum Gasteiger partial charge on any atom is -0.393 e. The molecule has 4 unspecified atom stereocenters. The summed E-state index contributed by atoms with van der Waals surface area (Å²) in [5, 5.41) is 9.42. The van der Waals surface area contributed by atoms with E-state index in [4.69, 9.17) is 0 Å². The van der Waals surface area contributed by atoms with Crippen LogP contribution in [0.1, 0.15) is 19.3 Å². The van der Waals surface area contributed by atoms with Crippen molar-refractivity contribution in [1.29, 1.82) is 0 Å². The molecule has 11 heavy (non-hydrogen) atoms. The number of nitrogens with zero attached hydrogens (tertiary/aromatic N) is 1. The monoisotopic (exact) mass is 173 g/mol. The molecule has 1 aliphatic carbocycles. The van der Waals surface area contributed by atoms with Gasteiger partial charge in [-0.15, -0.1) is 0 Å². The van der Waals surface area contributed by atoms with Crippen LogP contribution in [0, 0.1) is 11.8 Å². The third kappa shape index (κ3) is 1.58. The van der Waals surface area contributed by atoms with Crippen LogP contribution in [0.25, 0.3) is 0 Å². The van der Waals surface area contributed by atoms with Gasteiger partial charge in [0.1, 0.15) is 0 Å². The zero-order valence-electron chi connectivity index (χ0n) is 6.74. The highest BCUT2D eigenvalue weighted by molar-refractivity contribution is 7.13. The Morgan fingerprint density at radius 1 is 1.18 bits per heavy atom. The maximum absolute atomic E-state index is 9.42. The van der Waals surface area contributed by atoms with E-state index in [1.807, 2.05) is 0 Å². The number of hydrogen-bond acceptors (Lipinski definition) is 2. The first-order chi connectivity index (χ1) is 5.25. The summed E-state index contributed by atoms with van der Waals surface area (Å²) in [5.74, 6) is 1.65. The molecule has 1 saturated heterocycles. The predicted octanol–water partition coefficient (Wildman–Crippen LogP) is 0.869. The van der Waals surface area contributed by atoms with Gasteiger partial charge in [0.05, 0.1) is 6.10 Å². The van der Waals surface area contributed by atoms with Crippen LogP contribution in [0.3, 0.4) is 0 Å². The normalized spacial score (nSPS) is 45.8. The molecular weight excluding hydrogens is 157 g/mol. The van der Waals surface area contributed by atoms with Crippen molar-refractivity contribution in [2.45, 2.75) is 25.4 Å². The molecule has 3 heteroatoms. The summed E-state index contributed by atoms with van der Waals surface area (Å²) in [6.07, 6.45) is 3.29. The molecule has 0 radical (unpaired) electrons. The molecule has 0 aromatic rings. The molecule has 2 rings (SSSR count). The highest BCUT2D eigenvalue weighted by Gasteiger charge is 2.35. The van der Waals surface area contributed by atoms with Gasteiger partial charge in [0.2, 0.25) is 0 Å². The van der Waals surface area contributed by atoms with Crippen molar-refractivity contribution < 1.29 is 5.11 Å². The van der Waals surface area contributed by atoms with Crippen LogP contribution < -0.4 is 0 Å². The van der Waals surface area contributed by atoms with E-state index in [1.165, 1.54) is 19.5 Å². The highest BCUT2D eigenvalue weighted by Crippen LogP contribution is 2.37. The zero-order valence-corrected chi connectivity index (χ0v) is 7.89. The van der Waals surface area contributed by atoms with Crippen LogP contribution in [0.15, 0.2) is 0 Å². The van der Waals surface area contributed by atoms with Gasteiger partial charge in [0.25, 0.3) is 0 Å². The lowest BCUT2D eigenvalue weighted by Gasteiger charge is -2.27. The third-order valence-electron chi connectivity index (χ3n) is 3.05. The Morgan fingerprint density at radius 2 is 1.91 bits per heavy atom. The summed E-state index contributed by atoms with van der Waals surface area (Å²) < 4.78 is 2.31. The number of fused-ring (bicyclic) bond motifs is 1. The highest BCUT2D eigenvalue weighted by atomic mass is 31.0. The molecule has 2 fully saturated rings. The molecule has 1 N–H and O–H groups in total. The fourth-order valence-corrected chi connectivity index (χ4v) is 2.98. The Morgan fingerprint density at radius 3 is 2.73 bits per heavy atom. The number of aliphatic hydroxyl groups is 1. The lowest BCUT2D eigenvalue weighted by Crippen LogP contribution is -2.26. The van der Waals surface area contributed by atoms with Crippen LogP contribution in [0.2, 0.25) is 0 Å². The van der Waals surface area contributed by atoms with Gasteiger partial charge < -0.3 is 5.11 Å². The van der Waals surface area contributed by atoms with Crippen LogP contribution in [-0.2, 0) is 0 Å². The second kappa shape index (κ2) is 3.01. The van der Waals surface area contributed by atoms with Gasteiger partial charge in [-0.2, -0.15) is 0 Å². The summed E-state index contributed by atoms with van der Waals surface area (Å²) in [6.45, 7) is 2.40. The molecule has 0 amide bonds. The number of hydrogen-bond donors (Lipinski definition) is 1. The molecule has 0 spiro atoms. The molecule has 2 nitrogen and oxygen atoms in total. The van der Waals surface area contributed by atoms with E-state index in [0.29, 0.717) is 0 Å². The van der Waals surface area contributed by atoms with E-state index >= 15 is 0 Å². The second-order valence-corrected chi connectivity index (χ2v) is 4.67. The average Bonchev–Trinajstić information content (AvgIpc) is 2.27. The molecule has 1 aliphatic heterocycles. The first-order valence-electron chi connectivity index (χ1n) is 4.43. The van der Waals surface area contributed by atoms with E-state index in [-0.39, 0.29) is 6.10 Å². The Hall–Kier alpha value is 0.350. The first-order valence-corrected chi connectivity index (χ1v) is 4.95. The van der Waals surface area contributed by atoms with Gasteiger partial charge in [-0.3, -0.25) is 4.67 Å². The fourth-order valence-electron chi connectivity index (χ4n) is 2.44. The van der Waals surface area contributed by atoms with E-state index in [9.17, 15) is 5.11 Å². The van der Waals surface area contributed by atoms with Crippen molar-refractivity contribution in [1.82, 2.24) is 4.67 Å². The third-order valence-corrected chi connectivity index (χ3v) is 3.47. The SMILES string of the molecule is OC1CCC2CN(P)CC2C1. The van der Waals surface area contributed by atoms with E-state index < -0.39 is 0 Å². The Kier molecular flexibility index (Phi) is 2.18. The summed E-state index contributed by atoms with van der Waals surface area (Å²) in [6, 6.07) is 0. The molecular formula is C8H16NOP. The van der Waals surface area contributed by atoms with Crippen molar-refractivity contribution >= 4 is 9.39 Å². The Labute approximate surface area is 70.2 Å². The van der Waals surface area contributed by atoms with Gasteiger partial charge in [-0.05, 0) is 31.1 Å². The van der Waals surface area contributed by atoms with Crippen LogP contribution in [-0.4, -0.2) is 29.0 Å². The molecule has 2 aliphatic rings. The largest absolute Gasteiger partial charge is 0.393 e. The summed E-state index contributed by atoms with van der Waals surface area (Å²) in [4.78, 5) is 0. The van der Waals surface area contributed by atoms with Gasteiger partial charge in [0, 0.05) is 13.1 Å². The Bertz CT molecular complexity index is 153. The standard InChI is InChI=1S/C8H16NOP/c10-8-2-1-6-4-9(11)5-7(6)3-8/h6-8,10H,1-5,11H2. The molecule has 4 atom stereocenters. The van der Waals surface area contributed by atoms with Crippen molar-refractivity contribution in [2.24, 2.45) is 11.8 Å². The minimum absolute atomic E-state index is 0.00671. The van der Waals surface area contributed by atoms with Gasteiger partial charge >= 0.3 is 0 Å². The number of rotatable bonds is 0. The van der Waals surface area contributed by atoms with Crippen LogP contribution in [0.4, 0.5) is 0 Å². The van der Waals surface area contributed by atoms with Crippen molar-refractivity contribution in [3.8, 4) is 0 Å². The van der Waals surface area contributed by atoms with Crippen molar-refractivity contribution in [3.05, 3.63) is 0 Å². The van der Waals surface area contributed by atoms with Crippen LogP contribution >= 0.6 is 9.39 Å². The maximum atomic E-state index is 9.42. The van der Waals surface area contributed by atoms with E-state index in [1.54, 1.807) is 0 Å². The zero-order chi connectivity index (χ0) is 7.84. The fraction of sp³-hybridized carbons (Fsp3) is 1.00. The number of aliphatic hydroxyl groups excluding tert-OH is 1. The molecule has 0 aromatic heterocycles. The van der Waals surface area contributed by atoms with E-state index in [2.05, 4.69) is 14.1 Å². The van der Waals surface area contributed by atoms with Gasteiger partial charge in [-0.1, -0.05) is 9.39 Å². The Balaban J connectivity index is 1.97. The molecule has 1 heterocycles. The molecule has 1 saturated carbocycles. The van der Waals surface area contributed by atoms with Gasteiger partial charge in [-0.25, -0.2) is 0 Å². The minimum atomic E-state index is -0.00671. The molecule has 0 aromatic carbocycles. The van der Waals surface area contributed by atoms with E-state index in [0.717, 1.165) is 24.7 Å². The topological polar surface area (TPSA) is 23.5 Å². The first kappa shape index (κ1) is 7.97. The lowest BCUT2D eigenvalue weighted by molar-refractivity contribution is 0.0867. The average molecular weight is 173 g/mol. The predicted molar refractivity (Wildman–Crippen MR) is 48.1 cm³/mol. The smallest absolute Gasteiger partial charge is 0.0543 e. The van der Waals surface area contributed by atoms with Crippen molar-refractivity contribution in [2.75, 3.05) is 13.1 Å². The maximum Gasteiger partial charge on any atom is 0.0543 e. The van der Waals surface area contributed by atoms with Gasteiger partial charge in [0.15, 0.2) is 0 Å². The van der Waals surface area contributed by atoms with Crippen molar-refractivity contribution in [3.63, 3.8) is 0 Å². The lowest BCUT2D eigenvalue weighted by atomic mass is 9.80. The molecule has 64 valence electrons. The summed E-state index contributed by atoms with van der Waals surface area (Å²) in [5.41, 5.74) is 0. The summed E-state index contributed by atoms with van der Waals surface area (Å²) in [7, 11) is 2.77. The summed E-state index contributed by atoms with van der Waals surface area (Å²) >= 11 is 0.